The molecule has 5 rings (SSSR count). The Bertz CT molecular complexity index is 1170. The van der Waals surface area contributed by atoms with Crippen LogP contribution in [0, 0.1) is 5.82 Å². The molecule has 170 valence electrons. The van der Waals surface area contributed by atoms with Gasteiger partial charge in [0.1, 0.15) is 11.5 Å². The summed E-state index contributed by atoms with van der Waals surface area (Å²) < 4.78 is 15.4. The van der Waals surface area contributed by atoms with Crippen LogP contribution in [-0.4, -0.2) is 57.8 Å². The van der Waals surface area contributed by atoms with Crippen molar-refractivity contribution in [1.82, 2.24) is 24.5 Å². The number of benzene rings is 1. The van der Waals surface area contributed by atoms with E-state index in [0.717, 1.165) is 54.5 Å². The fraction of sp³-hybridized carbons (Fsp3) is 0.280. The van der Waals surface area contributed by atoms with Crippen LogP contribution in [0.5, 0.6) is 0 Å². The molecule has 4 heterocycles. The minimum atomic E-state index is -0.281. The Balaban J connectivity index is 1.15. The van der Waals surface area contributed by atoms with E-state index in [2.05, 4.69) is 26.3 Å². The summed E-state index contributed by atoms with van der Waals surface area (Å²) in [5.74, 6) is -0.303. The number of fused-ring (bicyclic) bond motifs is 1. The van der Waals surface area contributed by atoms with Crippen LogP contribution in [0.25, 0.3) is 5.65 Å². The Morgan fingerprint density at radius 1 is 1.03 bits per heavy atom. The van der Waals surface area contributed by atoms with Crippen molar-refractivity contribution < 1.29 is 9.18 Å². The maximum atomic E-state index is 13.4. The first-order valence-corrected chi connectivity index (χ1v) is 12.0. The van der Waals surface area contributed by atoms with Crippen LogP contribution < -0.4 is 5.32 Å². The highest BCUT2D eigenvalue weighted by Crippen LogP contribution is 2.26. The molecule has 1 aliphatic heterocycles. The van der Waals surface area contributed by atoms with E-state index in [1.54, 1.807) is 23.5 Å². The van der Waals surface area contributed by atoms with Gasteiger partial charge in [0.05, 0.1) is 18.3 Å². The minimum Gasteiger partial charge on any atom is -0.343 e. The van der Waals surface area contributed by atoms with Crippen molar-refractivity contribution in [2.75, 3.05) is 32.7 Å². The van der Waals surface area contributed by atoms with Crippen LogP contribution in [0.2, 0.25) is 0 Å². The number of rotatable bonds is 7. The van der Waals surface area contributed by atoms with Gasteiger partial charge in [-0.15, -0.1) is 11.3 Å². The molecular weight excluding hydrogens is 437 g/mol. The average Bonchev–Trinajstić information content (AvgIpc) is 3.49. The predicted molar refractivity (Wildman–Crippen MR) is 128 cm³/mol. The van der Waals surface area contributed by atoms with Crippen molar-refractivity contribution in [3.05, 3.63) is 94.3 Å². The zero-order chi connectivity index (χ0) is 22.6. The van der Waals surface area contributed by atoms with Crippen molar-refractivity contribution in [1.29, 1.82) is 0 Å². The van der Waals surface area contributed by atoms with Gasteiger partial charge in [-0.3, -0.25) is 14.6 Å². The second-order valence-electron chi connectivity index (χ2n) is 8.32. The highest BCUT2D eigenvalue weighted by Gasteiger charge is 2.23. The number of pyridine rings is 1. The number of piperazine rings is 1. The second kappa shape index (κ2) is 9.82. The number of carbonyl (C=O) groups excluding carboxylic acids is 1. The molecule has 4 aromatic rings. The molecule has 8 heteroatoms. The highest BCUT2D eigenvalue weighted by atomic mass is 32.1. The smallest absolute Gasteiger partial charge is 0.234 e. The molecule has 3 aromatic heterocycles. The van der Waals surface area contributed by atoms with E-state index in [9.17, 15) is 9.18 Å². The molecule has 0 bridgehead atoms. The van der Waals surface area contributed by atoms with Gasteiger partial charge >= 0.3 is 0 Å². The van der Waals surface area contributed by atoms with E-state index >= 15 is 0 Å². The lowest BCUT2D eigenvalue weighted by atomic mass is 10.1. The molecule has 1 unspecified atom stereocenters. The van der Waals surface area contributed by atoms with E-state index in [-0.39, 0.29) is 17.8 Å². The quantitative estimate of drug-likeness (QED) is 0.455. The Hall–Kier alpha value is -3.07. The first-order valence-electron chi connectivity index (χ1n) is 11.1. The summed E-state index contributed by atoms with van der Waals surface area (Å²) in [5.41, 5.74) is 2.90. The second-order valence-corrected chi connectivity index (χ2v) is 9.30. The van der Waals surface area contributed by atoms with Crippen LogP contribution in [0.4, 0.5) is 4.39 Å². The third kappa shape index (κ3) is 5.30. The Kier molecular flexibility index (Phi) is 6.48. The molecule has 1 aromatic carbocycles. The first-order chi connectivity index (χ1) is 16.1. The summed E-state index contributed by atoms with van der Waals surface area (Å²) >= 11 is 1.58. The third-order valence-electron chi connectivity index (χ3n) is 5.97. The van der Waals surface area contributed by atoms with Crippen molar-refractivity contribution in [3.8, 4) is 0 Å². The number of halogens is 1. The molecule has 1 aliphatic rings. The zero-order valence-corrected chi connectivity index (χ0v) is 19.0. The lowest BCUT2D eigenvalue weighted by molar-refractivity contribution is -0.123. The number of nitrogens with zero attached hydrogens (tertiary/aromatic N) is 4. The molecule has 1 fully saturated rings. The van der Waals surface area contributed by atoms with Gasteiger partial charge in [-0.05, 0) is 41.3 Å². The largest absolute Gasteiger partial charge is 0.343 e. The number of hydrogen-bond donors (Lipinski definition) is 1. The summed E-state index contributed by atoms with van der Waals surface area (Å²) in [4.78, 5) is 23.2. The summed E-state index contributed by atoms with van der Waals surface area (Å²) in [6.07, 6.45) is 4.09. The van der Waals surface area contributed by atoms with E-state index in [1.807, 2.05) is 46.3 Å². The molecule has 0 aliphatic carbocycles. The monoisotopic (exact) mass is 463 g/mol. The van der Waals surface area contributed by atoms with Gasteiger partial charge in [0.15, 0.2) is 0 Å². The molecule has 1 amide bonds. The third-order valence-corrected chi connectivity index (χ3v) is 6.91. The van der Waals surface area contributed by atoms with Gasteiger partial charge in [-0.2, -0.15) is 0 Å². The number of nitrogens with one attached hydrogen (secondary N) is 1. The maximum absolute atomic E-state index is 13.4. The number of hydrogen-bond acceptors (Lipinski definition) is 5. The Labute approximate surface area is 196 Å². The van der Waals surface area contributed by atoms with E-state index < -0.39 is 0 Å². The summed E-state index contributed by atoms with van der Waals surface area (Å²) in [5, 5.41) is 5.14. The molecule has 0 saturated carbocycles. The first kappa shape index (κ1) is 21.8. The standard InChI is InChI=1S/C25H26FN5OS/c26-20-8-6-19(7-9-20)25(22-4-3-15-33-22)28-24(32)18-30-13-11-29(12-14-30)16-21-17-31-10-2-1-5-23(31)27-21/h1-10,15,17,25H,11-14,16,18H2,(H,28,32). The molecule has 1 N–H and O–H groups in total. The molecule has 1 saturated heterocycles. The number of aromatic nitrogens is 2. The minimum absolute atomic E-state index is 0.0217. The van der Waals surface area contributed by atoms with Gasteiger partial charge in [-0.25, -0.2) is 9.37 Å². The summed E-state index contributed by atoms with van der Waals surface area (Å²) in [7, 11) is 0. The van der Waals surface area contributed by atoms with Gasteiger partial charge < -0.3 is 9.72 Å². The molecule has 1 atom stereocenters. The Morgan fingerprint density at radius 2 is 1.82 bits per heavy atom. The van der Waals surface area contributed by atoms with Crippen LogP contribution >= 0.6 is 11.3 Å². The molecule has 6 nitrogen and oxygen atoms in total. The van der Waals surface area contributed by atoms with Crippen LogP contribution in [0.3, 0.4) is 0 Å². The number of imidazole rings is 1. The SMILES string of the molecule is O=C(CN1CCN(Cc2cn3ccccc3n2)CC1)NC(c1ccc(F)cc1)c1cccs1. The van der Waals surface area contributed by atoms with Crippen molar-refractivity contribution >= 4 is 22.9 Å². The normalized spacial score (nSPS) is 16.2. The lowest BCUT2D eigenvalue weighted by Gasteiger charge is -2.34. The summed E-state index contributed by atoms with van der Waals surface area (Å²) in [6, 6.07) is 16.0. The van der Waals surface area contributed by atoms with Crippen molar-refractivity contribution in [2.45, 2.75) is 12.6 Å². The summed E-state index contributed by atoms with van der Waals surface area (Å²) in [6.45, 7) is 4.63. The van der Waals surface area contributed by atoms with Gasteiger partial charge in [0.2, 0.25) is 5.91 Å². The van der Waals surface area contributed by atoms with Gasteiger partial charge in [0.25, 0.3) is 0 Å². The van der Waals surface area contributed by atoms with E-state index in [4.69, 9.17) is 0 Å². The number of carbonyl (C=O) groups is 1. The number of amides is 1. The molecule has 33 heavy (non-hydrogen) atoms. The van der Waals surface area contributed by atoms with Crippen molar-refractivity contribution in [2.24, 2.45) is 0 Å². The van der Waals surface area contributed by atoms with Gasteiger partial charge in [-0.1, -0.05) is 24.3 Å². The van der Waals surface area contributed by atoms with E-state index in [1.165, 1.54) is 12.1 Å². The lowest BCUT2D eigenvalue weighted by Crippen LogP contribution is -2.49. The fourth-order valence-corrected chi connectivity index (χ4v) is 5.04. The molecular formula is C25H26FN5OS. The van der Waals surface area contributed by atoms with Crippen LogP contribution in [-0.2, 0) is 11.3 Å². The maximum Gasteiger partial charge on any atom is 0.234 e. The predicted octanol–water partition coefficient (Wildman–Crippen LogP) is 3.56. The Morgan fingerprint density at radius 3 is 2.55 bits per heavy atom. The van der Waals surface area contributed by atoms with Gasteiger partial charge in [0, 0.05) is 50.0 Å². The van der Waals surface area contributed by atoms with Crippen LogP contribution in [0.15, 0.2) is 72.4 Å². The highest BCUT2D eigenvalue weighted by molar-refractivity contribution is 7.10. The fourth-order valence-electron chi connectivity index (χ4n) is 4.24. The topological polar surface area (TPSA) is 52.9 Å². The van der Waals surface area contributed by atoms with E-state index in [0.29, 0.717) is 6.54 Å². The average molecular weight is 464 g/mol. The number of thiophene rings is 1. The molecule has 0 radical (unpaired) electrons. The molecule has 0 spiro atoms. The van der Waals surface area contributed by atoms with Crippen LogP contribution in [0.1, 0.15) is 22.2 Å². The zero-order valence-electron chi connectivity index (χ0n) is 18.2. The van der Waals surface area contributed by atoms with Crippen molar-refractivity contribution in [3.63, 3.8) is 0 Å².